The summed E-state index contributed by atoms with van der Waals surface area (Å²) in [6.45, 7) is 0.930. The SMILES string of the molecule is COc1ccc(CC(=O)Nc2ccc(Cn3cnc(C(=O)NCc4ccc(Cl)cc4)c3)cc2)cc1OC. The van der Waals surface area contributed by atoms with Crippen LogP contribution in [0.4, 0.5) is 5.69 Å². The van der Waals surface area contributed by atoms with Crippen molar-refractivity contribution in [3.63, 3.8) is 0 Å². The number of hydrogen-bond donors (Lipinski definition) is 2. The van der Waals surface area contributed by atoms with E-state index in [1.54, 1.807) is 51.0 Å². The number of nitrogens with one attached hydrogen (secondary N) is 2. The Morgan fingerprint density at radius 2 is 1.57 bits per heavy atom. The highest BCUT2D eigenvalue weighted by Crippen LogP contribution is 2.27. The number of rotatable bonds is 10. The molecule has 0 atom stereocenters. The fourth-order valence-electron chi connectivity index (χ4n) is 3.72. The Labute approximate surface area is 220 Å². The van der Waals surface area contributed by atoms with Gasteiger partial charge in [0.25, 0.3) is 5.91 Å². The van der Waals surface area contributed by atoms with Crippen molar-refractivity contribution >= 4 is 29.1 Å². The van der Waals surface area contributed by atoms with Crippen molar-refractivity contribution < 1.29 is 19.1 Å². The third kappa shape index (κ3) is 7.11. The zero-order valence-electron chi connectivity index (χ0n) is 20.5. The molecule has 2 amide bonds. The summed E-state index contributed by atoms with van der Waals surface area (Å²) in [5, 5.41) is 6.41. The van der Waals surface area contributed by atoms with Gasteiger partial charge >= 0.3 is 0 Å². The molecule has 0 fully saturated rings. The standard InChI is InChI=1S/C28H27ClN4O4/c1-36-25-12-7-21(13-26(25)37-2)14-27(34)32-23-10-5-20(6-11-23)16-33-17-24(31-18-33)28(35)30-15-19-3-8-22(29)9-4-19/h3-13,17-18H,14-16H2,1-2H3,(H,30,35)(H,32,34). The van der Waals surface area contributed by atoms with Crippen LogP contribution in [0.25, 0.3) is 0 Å². The van der Waals surface area contributed by atoms with Gasteiger partial charge in [0, 0.05) is 30.0 Å². The van der Waals surface area contributed by atoms with E-state index in [2.05, 4.69) is 15.6 Å². The number of ether oxygens (including phenoxy) is 2. The van der Waals surface area contributed by atoms with E-state index in [0.717, 1.165) is 16.7 Å². The molecule has 0 aliphatic heterocycles. The minimum Gasteiger partial charge on any atom is -0.493 e. The Morgan fingerprint density at radius 3 is 2.27 bits per heavy atom. The number of amides is 2. The molecule has 0 spiro atoms. The predicted molar refractivity (Wildman–Crippen MR) is 142 cm³/mol. The molecule has 1 heterocycles. The van der Waals surface area contributed by atoms with Crippen LogP contribution in [0.2, 0.25) is 5.02 Å². The van der Waals surface area contributed by atoms with E-state index in [4.69, 9.17) is 21.1 Å². The third-order valence-electron chi connectivity index (χ3n) is 5.65. The number of benzene rings is 3. The van der Waals surface area contributed by atoms with E-state index in [1.165, 1.54) is 0 Å². The van der Waals surface area contributed by atoms with Gasteiger partial charge in [-0.3, -0.25) is 9.59 Å². The van der Waals surface area contributed by atoms with Crippen LogP contribution in [-0.2, 0) is 24.3 Å². The smallest absolute Gasteiger partial charge is 0.271 e. The van der Waals surface area contributed by atoms with Crippen molar-refractivity contribution in [2.75, 3.05) is 19.5 Å². The minimum atomic E-state index is -0.249. The van der Waals surface area contributed by atoms with Crippen molar-refractivity contribution in [2.24, 2.45) is 0 Å². The summed E-state index contributed by atoms with van der Waals surface area (Å²) in [6, 6.07) is 20.2. The van der Waals surface area contributed by atoms with Crippen LogP contribution in [0.5, 0.6) is 11.5 Å². The normalized spacial score (nSPS) is 10.6. The monoisotopic (exact) mass is 518 g/mol. The molecule has 0 aliphatic rings. The largest absolute Gasteiger partial charge is 0.493 e. The third-order valence-corrected chi connectivity index (χ3v) is 5.90. The molecule has 0 unspecified atom stereocenters. The second-order valence-corrected chi connectivity index (χ2v) is 8.79. The lowest BCUT2D eigenvalue weighted by Crippen LogP contribution is -2.23. The summed E-state index contributed by atoms with van der Waals surface area (Å²) in [6.07, 6.45) is 3.53. The molecule has 0 saturated carbocycles. The summed E-state index contributed by atoms with van der Waals surface area (Å²) in [4.78, 5) is 29.1. The molecule has 8 nitrogen and oxygen atoms in total. The molecular weight excluding hydrogens is 492 g/mol. The number of imidazole rings is 1. The van der Waals surface area contributed by atoms with E-state index < -0.39 is 0 Å². The molecule has 0 aliphatic carbocycles. The lowest BCUT2D eigenvalue weighted by atomic mass is 10.1. The van der Waals surface area contributed by atoms with Gasteiger partial charge in [-0.25, -0.2) is 4.98 Å². The number of carbonyl (C=O) groups excluding carboxylic acids is 2. The van der Waals surface area contributed by atoms with Crippen molar-refractivity contribution in [1.29, 1.82) is 0 Å². The topological polar surface area (TPSA) is 94.5 Å². The molecule has 1 aromatic heterocycles. The highest BCUT2D eigenvalue weighted by Gasteiger charge is 2.11. The van der Waals surface area contributed by atoms with Gasteiger partial charge in [-0.2, -0.15) is 0 Å². The first-order valence-corrected chi connectivity index (χ1v) is 12.0. The molecule has 4 aromatic rings. The van der Waals surface area contributed by atoms with Crippen LogP contribution in [0, 0.1) is 0 Å². The molecule has 0 radical (unpaired) electrons. The number of carbonyl (C=O) groups is 2. The first-order valence-electron chi connectivity index (χ1n) is 11.6. The fraction of sp³-hybridized carbons (Fsp3) is 0.179. The Hall–Kier alpha value is -4.30. The molecule has 190 valence electrons. The van der Waals surface area contributed by atoms with Crippen LogP contribution in [-0.4, -0.2) is 35.6 Å². The van der Waals surface area contributed by atoms with Gasteiger partial charge in [0.2, 0.25) is 5.91 Å². The highest BCUT2D eigenvalue weighted by atomic mass is 35.5. The van der Waals surface area contributed by atoms with Gasteiger partial charge in [-0.05, 0) is 53.1 Å². The molecule has 4 rings (SSSR count). The van der Waals surface area contributed by atoms with Crippen molar-refractivity contribution in [3.8, 4) is 11.5 Å². The highest BCUT2D eigenvalue weighted by molar-refractivity contribution is 6.30. The van der Waals surface area contributed by atoms with Crippen LogP contribution in [0.15, 0.2) is 79.3 Å². The number of nitrogens with zero attached hydrogens (tertiary/aromatic N) is 2. The summed E-state index contributed by atoms with van der Waals surface area (Å²) in [5.74, 6) is 0.815. The molecular formula is C28H27ClN4O4. The Morgan fingerprint density at radius 1 is 0.892 bits per heavy atom. The molecule has 37 heavy (non-hydrogen) atoms. The Kier molecular flexibility index (Phi) is 8.43. The van der Waals surface area contributed by atoms with Gasteiger partial charge in [0.05, 0.1) is 27.0 Å². The van der Waals surface area contributed by atoms with E-state index in [0.29, 0.717) is 41.0 Å². The summed E-state index contributed by atoms with van der Waals surface area (Å²) >= 11 is 5.89. The minimum absolute atomic E-state index is 0.135. The first-order chi connectivity index (χ1) is 17.9. The van der Waals surface area contributed by atoms with Crippen LogP contribution in [0.1, 0.15) is 27.2 Å². The maximum Gasteiger partial charge on any atom is 0.271 e. The fourth-order valence-corrected chi connectivity index (χ4v) is 3.85. The van der Waals surface area contributed by atoms with Gasteiger partial charge in [0.1, 0.15) is 5.69 Å². The first kappa shape index (κ1) is 25.8. The van der Waals surface area contributed by atoms with E-state index in [9.17, 15) is 9.59 Å². The average Bonchev–Trinajstić information content (AvgIpc) is 3.37. The number of hydrogen-bond acceptors (Lipinski definition) is 5. The Balaban J connectivity index is 1.28. The van der Waals surface area contributed by atoms with Crippen LogP contribution < -0.4 is 20.1 Å². The number of methoxy groups -OCH3 is 2. The second kappa shape index (κ2) is 12.1. The van der Waals surface area contributed by atoms with Gasteiger partial charge < -0.3 is 24.7 Å². The van der Waals surface area contributed by atoms with Gasteiger partial charge in [-0.15, -0.1) is 0 Å². The van der Waals surface area contributed by atoms with E-state index >= 15 is 0 Å². The maximum atomic E-state index is 12.5. The summed E-state index contributed by atoms with van der Waals surface area (Å²) < 4.78 is 12.4. The average molecular weight is 519 g/mol. The second-order valence-electron chi connectivity index (χ2n) is 8.35. The van der Waals surface area contributed by atoms with E-state index in [1.807, 2.05) is 47.0 Å². The number of halogens is 1. The number of aromatic nitrogens is 2. The zero-order valence-corrected chi connectivity index (χ0v) is 21.3. The predicted octanol–water partition coefficient (Wildman–Crippen LogP) is 4.71. The van der Waals surface area contributed by atoms with Crippen LogP contribution >= 0.6 is 11.6 Å². The quantitative estimate of drug-likeness (QED) is 0.317. The van der Waals surface area contributed by atoms with Crippen molar-refractivity contribution in [3.05, 3.63) is 107 Å². The zero-order chi connectivity index (χ0) is 26.2. The van der Waals surface area contributed by atoms with E-state index in [-0.39, 0.29) is 18.2 Å². The maximum absolute atomic E-state index is 12.5. The Bertz CT molecular complexity index is 1370. The molecule has 0 bridgehead atoms. The molecule has 9 heteroatoms. The summed E-state index contributed by atoms with van der Waals surface area (Å²) in [7, 11) is 3.13. The van der Waals surface area contributed by atoms with Gasteiger partial charge in [0.15, 0.2) is 11.5 Å². The molecule has 3 aromatic carbocycles. The van der Waals surface area contributed by atoms with Crippen LogP contribution in [0.3, 0.4) is 0 Å². The lowest BCUT2D eigenvalue weighted by Gasteiger charge is -2.10. The lowest BCUT2D eigenvalue weighted by molar-refractivity contribution is -0.115. The van der Waals surface area contributed by atoms with Gasteiger partial charge in [-0.1, -0.05) is 41.9 Å². The van der Waals surface area contributed by atoms with Crippen molar-refractivity contribution in [2.45, 2.75) is 19.5 Å². The summed E-state index contributed by atoms with van der Waals surface area (Å²) in [5.41, 5.74) is 3.81. The number of anilines is 1. The molecule has 0 saturated heterocycles. The molecule has 2 N–H and O–H groups in total. The van der Waals surface area contributed by atoms with Crippen molar-refractivity contribution in [1.82, 2.24) is 14.9 Å².